The van der Waals surface area contributed by atoms with Gasteiger partial charge in [0.2, 0.25) is 10.0 Å². The largest absolute Gasteiger partial charge is 0.486 e. The number of nitrogens with one attached hydrogen (secondary N) is 1. The number of rotatable bonds is 5. The molecule has 7 nitrogen and oxygen atoms in total. The fourth-order valence-electron chi connectivity index (χ4n) is 3.90. The van der Waals surface area contributed by atoms with E-state index in [1.54, 1.807) is 16.4 Å². The average Bonchev–Trinajstić information content (AvgIpc) is 3.09. The van der Waals surface area contributed by atoms with Gasteiger partial charge in [-0.2, -0.15) is 4.31 Å². The maximum absolute atomic E-state index is 12.9. The van der Waals surface area contributed by atoms with Gasteiger partial charge in [0.1, 0.15) is 13.2 Å². The zero-order valence-corrected chi connectivity index (χ0v) is 18.5. The number of amides is 1. The first kappa shape index (κ1) is 21.6. The highest BCUT2D eigenvalue weighted by molar-refractivity contribution is 7.89. The Morgan fingerprint density at radius 2 is 1.58 bits per heavy atom. The number of nitrogens with zero attached hydrogens (tertiary/aromatic N) is 1. The molecule has 0 bridgehead atoms. The van der Waals surface area contributed by atoms with Gasteiger partial charge in [-0.1, -0.05) is 18.9 Å². The first-order valence-electron chi connectivity index (χ1n) is 10.8. The van der Waals surface area contributed by atoms with E-state index >= 15 is 0 Å². The van der Waals surface area contributed by atoms with Crippen molar-refractivity contribution in [2.24, 2.45) is 0 Å². The highest BCUT2D eigenvalue weighted by atomic mass is 32.2. The Labute approximate surface area is 183 Å². The molecular weight excluding hydrogens is 416 g/mol. The van der Waals surface area contributed by atoms with Crippen LogP contribution in [0.25, 0.3) is 0 Å². The third-order valence-corrected chi connectivity index (χ3v) is 7.65. The van der Waals surface area contributed by atoms with E-state index < -0.39 is 10.0 Å². The first-order chi connectivity index (χ1) is 14.9. The SMILES string of the molecule is CC(NC(=O)c1ccc(S(=O)(=O)N2CCCCCC2)cc1)c1ccc2c(c1)OCCO2. The van der Waals surface area contributed by atoms with E-state index in [9.17, 15) is 13.2 Å². The minimum absolute atomic E-state index is 0.228. The van der Waals surface area contributed by atoms with Crippen LogP contribution in [0.4, 0.5) is 0 Å². The van der Waals surface area contributed by atoms with E-state index in [2.05, 4.69) is 5.32 Å². The normalized spacial score (nSPS) is 18.1. The summed E-state index contributed by atoms with van der Waals surface area (Å²) in [7, 11) is -3.53. The van der Waals surface area contributed by atoms with Crippen molar-refractivity contribution in [1.29, 1.82) is 0 Å². The Balaban J connectivity index is 1.43. The quantitative estimate of drug-likeness (QED) is 0.763. The van der Waals surface area contributed by atoms with Crippen LogP contribution in [-0.2, 0) is 10.0 Å². The average molecular weight is 445 g/mol. The summed E-state index contributed by atoms with van der Waals surface area (Å²) in [5.41, 5.74) is 1.32. The van der Waals surface area contributed by atoms with E-state index in [1.165, 1.54) is 12.1 Å². The van der Waals surface area contributed by atoms with Crippen LogP contribution in [-0.4, -0.2) is 44.9 Å². The van der Waals surface area contributed by atoms with E-state index in [1.807, 2.05) is 25.1 Å². The van der Waals surface area contributed by atoms with Crippen LogP contribution >= 0.6 is 0 Å². The van der Waals surface area contributed by atoms with Crippen LogP contribution in [0.5, 0.6) is 11.5 Å². The fourth-order valence-corrected chi connectivity index (χ4v) is 5.42. The predicted molar refractivity (Wildman–Crippen MR) is 117 cm³/mol. The van der Waals surface area contributed by atoms with Crippen molar-refractivity contribution in [3.05, 3.63) is 53.6 Å². The molecule has 31 heavy (non-hydrogen) atoms. The second-order valence-electron chi connectivity index (χ2n) is 7.94. The van der Waals surface area contributed by atoms with E-state index in [-0.39, 0.29) is 16.8 Å². The van der Waals surface area contributed by atoms with Crippen LogP contribution in [0.2, 0.25) is 0 Å². The van der Waals surface area contributed by atoms with Crippen molar-refractivity contribution in [2.45, 2.75) is 43.5 Å². The summed E-state index contributed by atoms with van der Waals surface area (Å²) < 4.78 is 38.5. The molecule has 0 saturated carbocycles. The Bertz CT molecular complexity index is 1030. The number of fused-ring (bicyclic) bond motifs is 1. The Morgan fingerprint density at radius 3 is 2.26 bits per heavy atom. The molecule has 8 heteroatoms. The molecule has 1 unspecified atom stereocenters. The molecule has 0 aromatic heterocycles. The maximum atomic E-state index is 12.9. The standard InChI is InChI=1S/C23H28N2O5S/c1-17(19-8-11-21-22(16-19)30-15-14-29-21)24-23(26)18-6-9-20(10-7-18)31(27,28)25-12-4-2-3-5-13-25/h6-11,16-17H,2-5,12-15H2,1H3,(H,24,26). The fraction of sp³-hybridized carbons (Fsp3) is 0.435. The van der Waals surface area contributed by atoms with Gasteiger partial charge in [-0.05, 0) is 61.7 Å². The smallest absolute Gasteiger partial charge is 0.251 e. The number of benzene rings is 2. The van der Waals surface area contributed by atoms with Gasteiger partial charge in [0.15, 0.2) is 11.5 Å². The highest BCUT2D eigenvalue weighted by Crippen LogP contribution is 2.32. The summed E-state index contributed by atoms with van der Waals surface area (Å²) in [6, 6.07) is 11.5. The van der Waals surface area contributed by atoms with Crippen LogP contribution in [0, 0.1) is 0 Å². The first-order valence-corrected chi connectivity index (χ1v) is 12.2. The molecule has 2 aromatic rings. The third-order valence-electron chi connectivity index (χ3n) is 5.73. The van der Waals surface area contributed by atoms with Crippen LogP contribution in [0.3, 0.4) is 0 Å². The minimum atomic E-state index is -3.53. The lowest BCUT2D eigenvalue weighted by Crippen LogP contribution is -2.32. The summed E-state index contributed by atoms with van der Waals surface area (Å²) in [6.07, 6.45) is 3.90. The molecule has 166 valence electrons. The predicted octanol–water partition coefficient (Wildman–Crippen LogP) is 3.51. The van der Waals surface area contributed by atoms with Gasteiger partial charge in [-0.25, -0.2) is 8.42 Å². The van der Waals surface area contributed by atoms with Crippen molar-refractivity contribution >= 4 is 15.9 Å². The molecule has 1 saturated heterocycles. The van der Waals surface area contributed by atoms with E-state index in [0.29, 0.717) is 43.4 Å². The van der Waals surface area contributed by atoms with Crippen LogP contribution in [0.1, 0.15) is 54.6 Å². The monoisotopic (exact) mass is 444 g/mol. The lowest BCUT2D eigenvalue weighted by Gasteiger charge is -2.21. The van der Waals surface area contributed by atoms with Crippen molar-refractivity contribution in [2.75, 3.05) is 26.3 Å². The van der Waals surface area contributed by atoms with E-state index in [4.69, 9.17) is 9.47 Å². The molecule has 2 aromatic carbocycles. The van der Waals surface area contributed by atoms with Gasteiger partial charge in [0, 0.05) is 18.7 Å². The third kappa shape index (κ3) is 4.85. The van der Waals surface area contributed by atoms with E-state index in [0.717, 1.165) is 31.2 Å². The minimum Gasteiger partial charge on any atom is -0.486 e. The van der Waals surface area contributed by atoms with Crippen molar-refractivity contribution < 1.29 is 22.7 Å². The lowest BCUT2D eigenvalue weighted by atomic mass is 10.1. The van der Waals surface area contributed by atoms with Gasteiger partial charge in [-0.15, -0.1) is 0 Å². The summed E-state index contributed by atoms with van der Waals surface area (Å²) in [6.45, 7) is 4.03. The molecule has 2 aliphatic heterocycles. The number of hydrogen-bond donors (Lipinski definition) is 1. The molecule has 1 fully saturated rings. The molecule has 1 N–H and O–H groups in total. The molecule has 2 heterocycles. The maximum Gasteiger partial charge on any atom is 0.251 e. The molecule has 1 atom stereocenters. The van der Waals surface area contributed by atoms with Crippen LogP contribution < -0.4 is 14.8 Å². The number of ether oxygens (including phenoxy) is 2. The molecule has 0 spiro atoms. The highest BCUT2D eigenvalue weighted by Gasteiger charge is 2.25. The second kappa shape index (κ2) is 9.28. The number of hydrogen-bond acceptors (Lipinski definition) is 5. The zero-order valence-electron chi connectivity index (χ0n) is 17.7. The Hall–Kier alpha value is -2.58. The molecule has 0 radical (unpaired) electrons. The summed E-state index contributed by atoms with van der Waals surface area (Å²) in [5.74, 6) is 1.11. The number of carbonyl (C=O) groups excluding carboxylic acids is 1. The summed E-state index contributed by atoms with van der Waals surface area (Å²) in [4.78, 5) is 12.9. The molecule has 1 amide bonds. The van der Waals surface area contributed by atoms with Crippen LogP contribution in [0.15, 0.2) is 47.4 Å². The molecule has 2 aliphatic rings. The van der Waals surface area contributed by atoms with Crippen molar-refractivity contribution in [3.63, 3.8) is 0 Å². The molecule has 0 aliphatic carbocycles. The summed E-state index contributed by atoms with van der Waals surface area (Å²) >= 11 is 0. The van der Waals surface area contributed by atoms with Gasteiger partial charge < -0.3 is 14.8 Å². The van der Waals surface area contributed by atoms with Gasteiger partial charge in [0.25, 0.3) is 5.91 Å². The second-order valence-corrected chi connectivity index (χ2v) is 9.88. The molecular formula is C23H28N2O5S. The number of carbonyl (C=O) groups is 1. The topological polar surface area (TPSA) is 84.9 Å². The lowest BCUT2D eigenvalue weighted by molar-refractivity contribution is 0.0939. The Morgan fingerprint density at radius 1 is 0.935 bits per heavy atom. The number of sulfonamides is 1. The van der Waals surface area contributed by atoms with Gasteiger partial charge in [-0.3, -0.25) is 4.79 Å². The molecule has 4 rings (SSSR count). The van der Waals surface area contributed by atoms with Gasteiger partial charge >= 0.3 is 0 Å². The Kier molecular flexibility index (Phi) is 6.48. The van der Waals surface area contributed by atoms with Gasteiger partial charge in [0.05, 0.1) is 10.9 Å². The van der Waals surface area contributed by atoms with Crippen molar-refractivity contribution in [3.8, 4) is 11.5 Å². The zero-order chi connectivity index (χ0) is 21.8. The summed E-state index contributed by atoms with van der Waals surface area (Å²) in [5, 5.41) is 2.95. The van der Waals surface area contributed by atoms with Crippen molar-refractivity contribution in [1.82, 2.24) is 9.62 Å².